The van der Waals surface area contributed by atoms with Crippen molar-refractivity contribution in [3.05, 3.63) is 70.5 Å². The molecule has 2 aromatic carbocycles. The van der Waals surface area contributed by atoms with Crippen molar-refractivity contribution >= 4 is 11.8 Å². The van der Waals surface area contributed by atoms with Crippen LogP contribution in [-0.4, -0.2) is 60.4 Å². The highest BCUT2D eigenvalue weighted by molar-refractivity contribution is 5.95. The molecule has 2 amide bonds. The molecule has 36 heavy (non-hydrogen) atoms. The summed E-state index contributed by atoms with van der Waals surface area (Å²) < 4.78 is 42.4. The number of piperidine rings is 1. The fourth-order valence-electron chi connectivity index (χ4n) is 5.58. The zero-order valence-electron chi connectivity index (χ0n) is 21.3. The van der Waals surface area contributed by atoms with Gasteiger partial charge in [-0.05, 0) is 74.9 Å². The van der Waals surface area contributed by atoms with E-state index in [1.54, 1.807) is 11.9 Å². The molecule has 2 aliphatic rings. The Morgan fingerprint density at radius 3 is 2.17 bits per heavy atom. The molecule has 2 unspecified atom stereocenters. The second kappa shape index (κ2) is 10.2. The number of nitrogens with zero attached hydrogens (tertiary/aromatic N) is 2. The molecular weight excluding hydrogens is 467 g/mol. The standard InChI is InChI=1S/C28H34F3N3O2/c1-28(2,3)34-15-23(20-7-5-19(30)14-25(20)31)24(16-34)27(36)33-11-9-17(10-12-33)22-13-18(29)6-8-21(22)26(35)32-4/h5-8,13-14,17,23-24H,9-12,15-16H2,1-4H3,(H,32,35). The van der Waals surface area contributed by atoms with E-state index >= 15 is 0 Å². The largest absolute Gasteiger partial charge is 0.355 e. The molecule has 2 fully saturated rings. The highest BCUT2D eigenvalue weighted by Crippen LogP contribution is 2.40. The molecular formula is C28H34F3N3O2. The van der Waals surface area contributed by atoms with Gasteiger partial charge in [0.15, 0.2) is 0 Å². The van der Waals surface area contributed by atoms with Gasteiger partial charge in [-0.2, -0.15) is 0 Å². The van der Waals surface area contributed by atoms with E-state index < -0.39 is 23.4 Å². The SMILES string of the molecule is CNC(=O)c1ccc(F)cc1C1CCN(C(=O)C2CN(C(C)(C)C)CC2c2ccc(F)cc2F)CC1. The van der Waals surface area contributed by atoms with Gasteiger partial charge in [0, 0.05) is 56.3 Å². The topological polar surface area (TPSA) is 52.7 Å². The van der Waals surface area contributed by atoms with E-state index in [1.807, 2.05) is 0 Å². The predicted octanol–water partition coefficient (Wildman–Crippen LogP) is 4.68. The van der Waals surface area contributed by atoms with Crippen LogP contribution in [0.5, 0.6) is 0 Å². The lowest BCUT2D eigenvalue weighted by atomic mass is 9.84. The molecule has 5 nitrogen and oxygen atoms in total. The molecule has 1 N–H and O–H groups in total. The first-order chi connectivity index (χ1) is 17.0. The van der Waals surface area contributed by atoms with E-state index in [-0.39, 0.29) is 29.2 Å². The van der Waals surface area contributed by atoms with Gasteiger partial charge in [-0.25, -0.2) is 13.2 Å². The predicted molar refractivity (Wildman–Crippen MR) is 132 cm³/mol. The smallest absolute Gasteiger partial charge is 0.251 e. The third-order valence-corrected chi connectivity index (χ3v) is 7.68. The van der Waals surface area contributed by atoms with Crippen LogP contribution in [0.3, 0.4) is 0 Å². The van der Waals surface area contributed by atoms with Gasteiger partial charge in [0.2, 0.25) is 5.91 Å². The number of amides is 2. The maximum atomic E-state index is 14.8. The summed E-state index contributed by atoms with van der Waals surface area (Å²) in [6, 6.07) is 7.78. The second-order valence-electron chi connectivity index (χ2n) is 10.9. The molecule has 2 atom stereocenters. The van der Waals surface area contributed by atoms with Crippen molar-refractivity contribution in [2.24, 2.45) is 5.92 Å². The average molecular weight is 502 g/mol. The Morgan fingerprint density at radius 2 is 1.56 bits per heavy atom. The van der Waals surface area contributed by atoms with E-state index in [9.17, 15) is 22.8 Å². The number of likely N-dealkylation sites (tertiary alicyclic amines) is 2. The molecule has 4 rings (SSSR count). The Morgan fingerprint density at radius 1 is 0.917 bits per heavy atom. The van der Waals surface area contributed by atoms with Crippen molar-refractivity contribution in [1.82, 2.24) is 15.1 Å². The Labute approximate surface area is 210 Å². The molecule has 0 bridgehead atoms. The van der Waals surface area contributed by atoms with Crippen molar-refractivity contribution in [3.63, 3.8) is 0 Å². The van der Waals surface area contributed by atoms with E-state index in [0.717, 1.165) is 6.07 Å². The number of nitrogens with one attached hydrogen (secondary N) is 1. The lowest BCUT2D eigenvalue weighted by molar-refractivity contribution is -0.136. The quantitative estimate of drug-likeness (QED) is 0.662. The molecule has 0 spiro atoms. The number of halogens is 3. The number of benzene rings is 2. The van der Waals surface area contributed by atoms with Crippen LogP contribution < -0.4 is 5.32 Å². The molecule has 2 saturated heterocycles. The van der Waals surface area contributed by atoms with Crippen molar-refractivity contribution < 1.29 is 22.8 Å². The van der Waals surface area contributed by atoms with Gasteiger partial charge < -0.3 is 10.2 Å². The normalized spacial score (nSPS) is 21.6. The van der Waals surface area contributed by atoms with Gasteiger partial charge >= 0.3 is 0 Å². The van der Waals surface area contributed by atoms with Crippen molar-refractivity contribution in [3.8, 4) is 0 Å². The van der Waals surface area contributed by atoms with Crippen LogP contribution in [0.2, 0.25) is 0 Å². The summed E-state index contributed by atoms with van der Waals surface area (Å²) in [6.45, 7) is 8.13. The van der Waals surface area contributed by atoms with Gasteiger partial charge in [0.25, 0.3) is 5.91 Å². The van der Waals surface area contributed by atoms with Crippen molar-refractivity contribution in [2.75, 3.05) is 33.2 Å². The maximum Gasteiger partial charge on any atom is 0.251 e. The Balaban J connectivity index is 1.53. The summed E-state index contributed by atoms with van der Waals surface area (Å²) in [5.74, 6) is -2.83. The lowest BCUT2D eigenvalue weighted by Crippen LogP contribution is -2.44. The highest BCUT2D eigenvalue weighted by Gasteiger charge is 2.44. The van der Waals surface area contributed by atoms with E-state index in [4.69, 9.17) is 0 Å². The summed E-state index contributed by atoms with van der Waals surface area (Å²) in [5.41, 5.74) is 1.27. The van der Waals surface area contributed by atoms with Gasteiger partial charge in [-0.1, -0.05) is 6.07 Å². The first-order valence-electron chi connectivity index (χ1n) is 12.5. The van der Waals surface area contributed by atoms with Gasteiger partial charge in [0.1, 0.15) is 17.5 Å². The molecule has 0 aromatic heterocycles. The van der Waals surface area contributed by atoms with E-state index in [1.165, 1.54) is 30.3 Å². The first-order valence-corrected chi connectivity index (χ1v) is 12.5. The minimum Gasteiger partial charge on any atom is -0.355 e. The number of hydrogen-bond donors (Lipinski definition) is 1. The number of hydrogen-bond acceptors (Lipinski definition) is 3. The van der Waals surface area contributed by atoms with Crippen LogP contribution in [0, 0.1) is 23.4 Å². The van der Waals surface area contributed by atoms with E-state index in [2.05, 4.69) is 31.0 Å². The van der Waals surface area contributed by atoms with Crippen LogP contribution in [0.4, 0.5) is 13.2 Å². The van der Waals surface area contributed by atoms with Crippen molar-refractivity contribution in [1.29, 1.82) is 0 Å². The zero-order valence-corrected chi connectivity index (χ0v) is 21.3. The van der Waals surface area contributed by atoms with Crippen LogP contribution in [0.15, 0.2) is 36.4 Å². The fraction of sp³-hybridized carbons (Fsp3) is 0.500. The summed E-state index contributed by atoms with van der Waals surface area (Å²) in [5, 5.41) is 2.60. The molecule has 0 radical (unpaired) electrons. The highest BCUT2D eigenvalue weighted by atomic mass is 19.1. The van der Waals surface area contributed by atoms with Gasteiger partial charge in [-0.15, -0.1) is 0 Å². The molecule has 2 aliphatic heterocycles. The fourth-order valence-corrected chi connectivity index (χ4v) is 5.58. The number of rotatable bonds is 4. The monoisotopic (exact) mass is 501 g/mol. The third-order valence-electron chi connectivity index (χ3n) is 7.68. The van der Waals surface area contributed by atoms with Gasteiger partial charge in [0.05, 0.1) is 5.92 Å². The third kappa shape index (κ3) is 5.28. The minimum absolute atomic E-state index is 0.0420. The lowest BCUT2D eigenvalue weighted by Gasteiger charge is -2.35. The first kappa shape index (κ1) is 26.2. The summed E-state index contributed by atoms with van der Waals surface area (Å²) in [4.78, 5) is 30.0. The second-order valence-corrected chi connectivity index (χ2v) is 10.9. The molecule has 8 heteroatoms. The van der Waals surface area contributed by atoms with E-state index in [0.29, 0.717) is 55.7 Å². The zero-order chi connectivity index (χ0) is 26.2. The maximum absolute atomic E-state index is 14.8. The Bertz CT molecular complexity index is 1140. The summed E-state index contributed by atoms with van der Waals surface area (Å²) in [6.07, 6.45) is 1.20. The molecule has 2 heterocycles. The van der Waals surface area contributed by atoms with Crippen LogP contribution in [0.25, 0.3) is 0 Å². The minimum atomic E-state index is -0.639. The van der Waals surface area contributed by atoms with Crippen LogP contribution >= 0.6 is 0 Å². The van der Waals surface area contributed by atoms with Gasteiger partial charge in [-0.3, -0.25) is 14.5 Å². The molecule has 0 saturated carbocycles. The van der Waals surface area contributed by atoms with Crippen LogP contribution in [0.1, 0.15) is 66.9 Å². The Hall–Kier alpha value is -2.87. The molecule has 0 aliphatic carbocycles. The van der Waals surface area contributed by atoms with Crippen molar-refractivity contribution in [2.45, 2.75) is 51.0 Å². The number of carbonyl (C=O) groups excluding carboxylic acids is 2. The number of carbonyl (C=O) groups is 2. The summed E-state index contributed by atoms with van der Waals surface area (Å²) >= 11 is 0. The molecule has 194 valence electrons. The molecule has 2 aromatic rings. The Kier molecular flexibility index (Phi) is 7.46. The summed E-state index contributed by atoms with van der Waals surface area (Å²) in [7, 11) is 1.54. The van der Waals surface area contributed by atoms with Crippen LogP contribution in [-0.2, 0) is 4.79 Å². The average Bonchev–Trinajstić information content (AvgIpc) is 3.29.